The molecule has 0 aromatic carbocycles. The fourth-order valence-corrected chi connectivity index (χ4v) is 2.38. The topological polar surface area (TPSA) is 75.4 Å². The number of nitrogens with zero attached hydrogens (tertiary/aromatic N) is 1. The van der Waals surface area contributed by atoms with E-state index in [9.17, 15) is 9.59 Å². The molecule has 0 saturated heterocycles. The van der Waals surface area contributed by atoms with Crippen LogP contribution in [0.4, 0.5) is 0 Å². The molecule has 5 heteroatoms. The number of rotatable bonds is 8. The number of hydrogen-bond donors (Lipinski definition) is 2. The van der Waals surface area contributed by atoms with Crippen molar-refractivity contribution in [1.82, 2.24) is 10.2 Å². The van der Waals surface area contributed by atoms with Gasteiger partial charge in [0, 0.05) is 20.0 Å². The summed E-state index contributed by atoms with van der Waals surface area (Å²) in [7, 11) is 1.74. The van der Waals surface area contributed by atoms with Gasteiger partial charge < -0.3 is 16.0 Å². The van der Waals surface area contributed by atoms with Gasteiger partial charge in [-0.05, 0) is 44.6 Å². The van der Waals surface area contributed by atoms with Gasteiger partial charge >= 0.3 is 0 Å². The fraction of sp³-hybridized carbons (Fsp3) is 0.875. The van der Waals surface area contributed by atoms with Crippen LogP contribution in [0.2, 0.25) is 0 Å². The number of nitrogens with one attached hydrogen (secondary N) is 1. The van der Waals surface area contributed by atoms with Crippen LogP contribution in [0.5, 0.6) is 0 Å². The zero-order valence-electron chi connectivity index (χ0n) is 14.5. The average Bonchev–Trinajstić information content (AvgIpc) is 2.40. The molecule has 2 atom stereocenters. The summed E-state index contributed by atoms with van der Waals surface area (Å²) in [5.74, 6) is 0.296. The van der Waals surface area contributed by atoms with E-state index in [0.29, 0.717) is 25.4 Å². The Morgan fingerprint density at radius 1 is 1.24 bits per heavy atom. The van der Waals surface area contributed by atoms with E-state index in [2.05, 4.69) is 26.1 Å². The van der Waals surface area contributed by atoms with Gasteiger partial charge in [0.2, 0.25) is 11.8 Å². The SMILES string of the molecule is CCN(C)C(=O)C(C)NC(=O)CCC(CCN)C(C)(C)C. The molecule has 0 saturated carbocycles. The molecular formula is C16H33N3O2. The van der Waals surface area contributed by atoms with Crippen molar-refractivity contribution in [3.8, 4) is 0 Å². The molecule has 0 aromatic rings. The third-order valence-corrected chi connectivity index (χ3v) is 4.06. The molecule has 21 heavy (non-hydrogen) atoms. The molecular weight excluding hydrogens is 266 g/mol. The maximum absolute atomic E-state index is 12.0. The third kappa shape index (κ3) is 7.46. The lowest BCUT2D eigenvalue weighted by atomic mass is 9.76. The van der Waals surface area contributed by atoms with Crippen molar-refractivity contribution in [2.45, 2.75) is 59.9 Å². The summed E-state index contributed by atoms with van der Waals surface area (Å²) < 4.78 is 0. The van der Waals surface area contributed by atoms with Crippen LogP contribution in [0.25, 0.3) is 0 Å². The predicted molar refractivity (Wildman–Crippen MR) is 86.8 cm³/mol. The largest absolute Gasteiger partial charge is 0.345 e. The van der Waals surface area contributed by atoms with Gasteiger partial charge in [-0.15, -0.1) is 0 Å². The van der Waals surface area contributed by atoms with Crippen LogP contribution in [0.3, 0.4) is 0 Å². The minimum absolute atomic E-state index is 0.0554. The van der Waals surface area contributed by atoms with Gasteiger partial charge in [-0.3, -0.25) is 9.59 Å². The molecule has 0 bridgehead atoms. The van der Waals surface area contributed by atoms with Gasteiger partial charge in [-0.2, -0.15) is 0 Å². The van der Waals surface area contributed by atoms with Crippen LogP contribution >= 0.6 is 0 Å². The number of likely N-dealkylation sites (N-methyl/N-ethyl adjacent to an activating group) is 1. The lowest BCUT2D eigenvalue weighted by Gasteiger charge is -2.30. The standard InChI is InChI=1S/C16H33N3O2/c1-7-19(6)15(21)12(2)18-14(20)9-8-13(10-11-17)16(3,4)5/h12-13H,7-11,17H2,1-6H3,(H,18,20). The first-order valence-corrected chi connectivity index (χ1v) is 7.87. The molecule has 5 nitrogen and oxygen atoms in total. The summed E-state index contributed by atoms with van der Waals surface area (Å²) in [6.07, 6.45) is 2.16. The molecule has 0 heterocycles. The smallest absolute Gasteiger partial charge is 0.244 e. The second-order valence-electron chi connectivity index (χ2n) is 6.82. The van der Waals surface area contributed by atoms with E-state index >= 15 is 0 Å². The van der Waals surface area contributed by atoms with Crippen molar-refractivity contribution in [3.63, 3.8) is 0 Å². The minimum Gasteiger partial charge on any atom is -0.345 e. The van der Waals surface area contributed by atoms with Gasteiger partial charge in [0.15, 0.2) is 0 Å². The number of carbonyl (C=O) groups excluding carboxylic acids is 2. The highest BCUT2D eigenvalue weighted by Crippen LogP contribution is 2.31. The van der Waals surface area contributed by atoms with Crippen LogP contribution < -0.4 is 11.1 Å². The normalized spacial score (nSPS) is 14.4. The Kier molecular flexibility index (Phi) is 8.55. The van der Waals surface area contributed by atoms with Crippen molar-refractivity contribution in [1.29, 1.82) is 0 Å². The Hall–Kier alpha value is -1.10. The first-order chi connectivity index (χ1) is 9.63. The van der Waals surface area contributed by atoms with Crippen LogP contribution in [0.1, 0.15) is 53.9 Å². The Labute approximate surface area is 129 Å². The summed E-state index contributed by atoms with van der Waals surface area (Å²) in [5.41, 5.74) is 5.79. The zero-order valence-corrected chi connectivity index (χ0v) is 14.5. The Bertz CT molecular complexity index is 337. The molecule has 0 radical (unpaired) electrons. The van der Waals surface area contributed by atoms with Gasteiger partial charge in [0.25, 0.3) is 0 Å². The van der Waals surface area contributed by atoms with E-state index in [1.807, 2.05) is 6.92 Å². The molecule has 0 aliphatic heterocycles. The minimum atomic E-state index is -0.468. The Morgan fingerprint density at radius 2 is 1.81 bits per heavy atom. The summed E-state index contributed by atoms with van der Waals surface area (Å²) in [5, 5.41) is 2.78. The molecule has 0 spiro atoms. The molecule has 0 aromatic heterocycles. The average molecular weight is 299 g/mol. The monoisotopic (exact) mass is 299 g/mol. The van der Waals surface area contributed by atoms with Crippen LogP contribution in [-0.2, 0) is 9.59 Å². The van der Waals surface area contributed by atoms with Gasteiger partial charge in [0.1, 0.15) is 6.04 Å². The molecule has 0 fully saturated rings. The van der Waals surface area contributed by atoms with E-state index in [-0.39, 0.29) is 17.2 Å². The lowest BCUT2D eigenvalue weighted by molar-refractivity contribution is -0.134. The van der Waals surface area contributed by atoms with E-state index in [4.69, 9.17) is 5.73 Å². The summed E-state index contributed by atoms with van der Waals surface area (Å²) in [6, 6.07) is -0.468. The Balaban J connectivity index is 4.34. The van der Waals surface area contributed by atoms with Crippen molar-refractivity contribution in [2.24, 2.45) is 17.1 Å². The molecule has 2 unspecified atom stereocenters. The van der Waals surface area contributed by atoms with Crippen molar-refractivity contribution >= 4 is 11.8 Å². The zero-order chi connectivity index (χ0) is 16.6. The first kappa shape index (κ1) is 19.9. The van der Waals surface area contributed by atoms with Gasteiger partial charge in [0.05, 0.1) is 0 Å². The summed E-state index contributed by atoms with van der Waals surface area (Å²) >= 11 is 0. The van der Waals surface area contributed by atoms with Crippen LogP contribution in [0.15, 0.2) is 0 Å². The number of carbonyl (C=O) groups is 2. The van der Waals surface area contributed by atoms with Crippen molar-refractivity contribution in [3.05, 3.63) is 0 Å². The predicted octanol–water partition coefficient (Wildman–Crippen LogP) is 1.76. The number of nitrogens with two attached hydrogens (primary N) is 1. The van der Waals surface area contributed by atoms with E-state index in [0.717, 1.165) is 12.8 Å². The highest BCUT2D eigenvalue weighted by molar-refractivity contribution is 5.87. The molecule has 0 aliphatic carbocycles. The molecule has 0 rings (SSSR count). The highest BCUT2D eigenvalue weighted by atomic mass is 16.2. The Morgan fingerprint density at radius 3 is 2.24 bits per heavy atom. The molecule has 124 valence electrons. The molecule has 2 amide bonds. The second kappa shape index (κ2) is 9.03. The maximum atomic E-state index is 12.0. The quantitative estimate of drug-likeness (QED) is 0.717. The third-order valence-electron chi connectivity index (χ3n) is 4.06. The highest BCUT2D eigenvalue weighted by Gasteiger charge is 2.25. The van der Waals surface area contributed by atoms with Gasteiger partial charge in [-0.25, -0.2) is 0 Å². The van der Waals surface area contributed by atoms with Crippen molar-refractivity contribution in [2.75, 3.05) is 20.1 Å². The number of hydrogen-bond acceptors (Lipinski definition) is 3. The fourth-order valence-electron chi connectivity index (χ4n) is 2.38. The second-order valence-corrected chi connectivity index (χ2v) is 6.82. The van der Waals surface area contributed by atoms with Crippen molar-refractivity contribution < 1.29 is 9.59 Å². The number of amides is 2. The summed E-state index contributed by atoms with van der Waals surface area (Å²) in [4.78, 5) is 25.5. The molecule has 3 N–H and O–H groups in total. The van der Waals surface area contributed by atoms with Crippen LogP contribution in [-0.4, -0.2) is 42.9 Å². The molecule has 0 aliphatic rings. The van der Waals surface area contributed by atoms with E-state index in [1.54, 1.807) is 18.9 Å². The van der Waals surface area contributed by atoms with Crippen LogP contribution in [0, 0.1) is 11.3 Å². The first-order valence-electron chi connectivity index (χ1n) is 7.87. The van der Waals surface area contributed by atoms with E-state index < -0.39 is 6.04 Å². The van der Waals surface area contributed by atoms with E-state index in [1.165, 1.54) is 0 Å². The summed E-state index contributed by atoms with van der Waals surface area (Å²) in [6.45, 7) is 11.4. The maximum Gasteiger partial charge on any atom is 0.244 e. The lowest BCUT2D eigenvalue weighted by Crippen LogP contribution is -2.45. The van der Waals surface area contributed by atoms with Gasteiger partial charge in [-0.1, -0.05) is 20.8 Å².